The zero-order chi connectivity index (χ0) is 14.2. The van der Waals surface area contributed by atoms with E-state index in [1.807, 2.05) is 65.8 Å². The molecule has 0 unspecified atom stereocenters. The van der Waals surface area contributed by atoms with Gasteiger partial charge in [0.25, 0.3) is 8.41 Å². The molecule has 0 radical (unpaired) electrons. The lowest BCUT2D eigenvalue weighted by atomic mass is 10.2. The van der Waals surface area contributed by atoms with Crippen molar-refractivity contribution in [1.29, 1.82) is 0 Å². The second kappa shape index (κ2) is 5.08. The Hall–Kier alpha value is -0.153. The fourth-order valence-electron chi connectivity index (χ4n) is 2.81. The molecule has 0 heterocycles. The minimum Gasteiger partial charge on any atom is -0.307 e. The summed E-state index contributed by atoms with van der Waals surface area (Å²) in [4.78, 5) is 0. The Morgan fingerprint density at radius 2 is 1.33 bits per heavy atom. The standard InChI is InChI=1S/C15H24BrFSi/c1-14(2,3)18(17,15(4,5)6)13-9-7-12(11-16)8-10-13/h7-10H,11H2,1-6H3. The number of alkyl halides is 1. The lowest BCUT2D eigenvalue weighted by molar-refractivity contribution is 0.535. The van der Waals surface area contributed by atoms with Gasteiger partial charge in [-0.2, -0.15) is 0 Å². The van der Waals surface area contributed by atoms with E-state index in [2.05, 4.69) is 15.9 Å². The summed E-state index contributed by atoms with van der Waals surface area (Å²) in [6.07, 6.45) is 0. The van der Waals surface area contributed by atoms with Crippen molar-refractivity contribution in [3.8, 4) is 0 Å². The highest BCUT2D eigenvalue weighted by molar-refractivity contribution is 9.08. The Morgan fingerprint density at radius 1 is 0.944 bits per heavy atom. The zero-order valence-electron chi connectivity index (χ0n) is 12.3. The van der Waals surface area contributed by atoms with Crippen molar-refractivity contribution in [2.24, 2.45) is 0 Å². The summed E-state index contributed by atoms with van der Waals surface area (Å²) in [5, 5.41) is 1.12. The first-order chi connectivity index (χ1) is 8.04. The lowest BCUT2D eigenvalue weighted by Gasteiger charge is -2.44. The second-order valence-corrected chi connectivity index (χ2v) is 12.4. The Kier molecular flexibility index (Phi) is 4.49. The van der Waals surface area contributed by atoms with Gasteiger partial charge < -0.3 is 4.11 Å². The highest BCUT2D eigenvalue weighted by Gasteiger charge is 2.56. The van der Waals surface area contributed by atoms with Gasteiger partial charge in [0.05, 0.1) is 0 Å². The van der Waals surface area contributed by atoms with E-state index in [1.54, 1.807) is 0 Å². The maximum Gasteiger partial charge on any atom is 0.288 e. The van der Waals surface area contributed by atoms with E-state index in [-0.39, 0.29) is 10.1 Å². The summed E-state index contributed by atoms with van der Waals surface area (Å²) >= 11 is 3.43. The van der Waals surface area contributed by atoms with Crippen molar-refractivity contribution >= 4 is 29.5 Å². The second-order valence-electron chi connectivity index (χ2n) is 6.99. The normalized spacial score (nSPS) is 13.8. The fraction of sp³-hybridized carbons (Fsp3) is 0.600. The van der Waals surface area contributed by atoms with Gasteiger partial charge in [0, 0.05) is 5.33 Å². The molecule has 0 aromatic heterocycles. The van der Waals surface area contributed by atoms with Crippen molar-refractivity contribution in [2.75, 3.05) is 0 Å². The van der Waals surface area contributed by atoms with Crippen LogP contribution < -0.4 is 5.19 Å². The smallest absolute Gasteiger partial charge is 0.288 e. The van der Waals surface area contributed by atoms with Gasteiger partial charge in [-0.15, -0.1) is 0 Å². The number of hydrogen-bond acceptors (Lipinski definition) is 0. The van der Waals surface area contributed by atoms with E-state index in [0.717, 1.165) is 10.5 Å². The summed E-state index contributed by atoms with van der Waals surface area (Å²) in [5.41, 5.74) is 1.19. The molecule has 0 atom stereocenters. The maximum absolute atomic E-state index is 15.9. The van der Waals surface area contributed by atoms with Crippen molar-refractivity contribution in [3.63, 3.8) is 0 Å². The Bertz CT molecular complexity index is 384. The minimum absolute atomic E-state index is 0.304. The molecule has 0 fully saturated rings. The molecule has 0 N–H and O–H groups in total. The Labute approximate surface area is 120 Å². The molecule has 1 aromatic carbocycles. The molecule has 0 saturated carbocycles. The molecule has 0 nitrogen and oxygen atoms in total. The van der Waals surface area contributed by atoms with Gasteiger partial charge in [-0.25, -0.2) is 0 Å². The minimum atomic E-state index is -3.08. The number of hydrogen-bond donors (Lipinski definition) is 0. The van der Waals surface area contributed by atoms with Crippen LogP contribution >= 0.6 is 15.9 Å². The van der Waals surface area contributed by atoms with Gasteiger partial charge in [0.1, 0.15) is 0 Å². The monoisotopic (exact) mass is 330 g/mol. The molecule has 1 rings (SSSR count). The van der Waals surface area contributed by atoms with Crippen LogP contribution in [-0.4, -0.2) is 8.41 Å². The number of benzene rings is 1. The molecule has 102 valence electrons. The van der Waals surface area contributed by atoms with Crippen LogP contribution in [0.15, 0.2) is 24.3 Å². The van der Waals surface area contributed by atoms with Crippen LogP contribution in [0.5, 0.6) is 0 Å². The van der Waals surface area contributed by atoms with E-state index in [9.17, 15) is 0 Å². The summed E-state index contributed by atoms with van der Waals surface area (Å²) < 4.78 is 15.9. The van der Waals surface area contributed by atoms with E-state index in [4.69, 9.17) is 0 Å². The van der Waals surface area contributed by atoms with Gasteiger partial charge in [-0.3, -0.25) is 0 Å². The SMILES string of the molecule is CC(C)(C)[Si](F)(c1ccc(CBr)cc1)C(C)(C)C. The quantitative estimate of drug-likeness (QED) is 0.392. The fourth-order valence-corrected chi connectivity index (χ4v) is 7.80. The molecule has 0 amide bonds. The molecule has 0 bridgehead atoms. The molecule has 0 aliphatic heterocycles. The highest BCUT2D eigenvalue weighted by atomic mass is 79.9. The third-order valence-electron chi connectivity index (χ3n) is 3.57. The van der Waals surface area contributed by atoms with Crippen LogP contribution in [0.1, 0.15) is 47.1 Å². The van der Waals surface area contributed by atoms with E-state index in [0.29, 0.717) is 0 Å². The first-order valence-electron chi connectivity index (χ1n) is 6.38. The van der Waals surface area contributed by atoms with Crippen LogP contribution in [0.2, 0.25) is 10.1 Å². The predicted octanol–water partition coefficient (Wildman–Crippen LogP) is 5.30. The maximum atomic E-state index is 15.9. The van der Waals surface area contributed by atoms with Crippen LogP contribution in [0.3, 0.4) is 0 Å². The van der Waals surface area contributed by atoms with E-state index in [1.165, 1.54) is 5.56 Å². The number of halogens is 2. The highest BCUT2D eigenvalue weighted by Crippen LogP contribution is 2.51. The van der Waals surface area contributed by atoms with Crippen LogP contribution in [-0.2, 0) is 5.33 Å². The van der Waals surface area contributed by atoms with Crippen LogP contribution in [0, 0.1) is 0 Å². The molecular formula is C15H24BrFSi. The third-order valence-corrected chi connectivity index (χ3v) is 9.48. The summed E-state index contributed by atoms with van der Waals surface area (Å²) in [5.74, 6) is 0. The van der Waals surface area contributed by atoms with Gasteiger partial charge in [-0.05, 0) is 20.8 Å². The van der Waals surface area contributed by atoms with E-state index < -0.39 is 8.41 Å². The van der Waals surface area contributed by atoms with Crippen molar-refractivity contribution in [1.82, 2.24) is 0 Å². The summed E-state index contributed by atoms with van der Waals surface area (Å²) in [6.45, 7) is 12.2. The molecule has 18 heavy (non-hydrogen) atoms. The van der Waals surface area contributed by atoms with Gasteiger partial charge in [-0.1, -0.05) is 81.7 Å². The number of rotatable bonds is 2. The average Bonchev–Trinajstić information content (AvgIpc) is 2.25. The van der Waals surface area contributed by atoms with Crippen molar-refractivity contribution in [3.05, 3.63) is 29.8 Å². The Balaban J connectivity index is 3.36. The molecule has 1 aromatic rings. The average molecular weight is 331 g/mol. The Morgan fingerprint density at radius 3 is 1.61 bits per heavy atom. The van der Waals surface area contributed by atoms with Gasteiger partial charge in [0.2, 0.25) is 0 Å². The summed E-state index contributed by atoms with van der Waals surface area (Å²) in [7, 11) is -3.08. The van der Waals surface area contributed by atoms with Crippen LogP contribution in [0.4, 0.5) is 4.11 Å². The van der Waals surface area contributed by atoms with Gasteiger partial charge >= 0.3 is 0 Å². The summed E-state index contributed by atoms with van der Waals surface area (Å²) in [6, 6.07) is 8.03. The molecular weight excluding hydrogens is 307 g/mol. The first kappa shape index (κ1) is 15.9. The molecule has 0 aliphatic carbocycles. The molecule has 0 saturated heterocycles. The first-order valence-corrected chi connectivity index (χ1v) is 9.38. The molecule has 3 heteroatoms. The largest absolute Gasteiger partial charge is 0.307 e. The zero-order valence-corrected chi connectivity index (χ0v) is 14.9. The van der Waals surface area contributed by atoms with Crippen LogP contribution in [0.25, 0.3) is 0 Å². The lowest BCUT2D eigenvalue weighted by Crippen LogP contribution is -2.57. The predicted molar refractivity (Wildman–Crippen MR) is 85.0 cm³/mol. The molecule has 0 aliphatic rings. The third kappa shape index (κ3) is 2.72. The van der Waals surface area contributed by atoms with Crippen molar-refractivity contribution < 1.29 is 4.11 Å². The van der Waals surface area contributed by atoms with Gasteiger partial charge in [0.15, 0.2) is 0 Å². The molecule has 0 spiro atoms. The van der Waals surface area contributed by atoms with E-state index >= 15 is 4.11 Å². The van der Waals surface area contributed by atoms with Crippen molar-refractivity contribution in [2.45, 2.75) is 56.9 Å². The topological polar surface area (TPSA) is 0 Å².